The molecule has 1 unspecified atom stereocenters. The van der Waals surface area contributed by atoms with Gasteiger partial charge in [0.15, 0.2) is 10.9 Å². The second-order valence-corrected chi connectivity index (χ2v) is 6.57. The van der Waals surface area contributed by atoms with Crippen LogP contribution in [0, 0.1) is 0 Å². The number of ether oxygens (including phenoxy) is 3. The Kier molecular flexibility index (Phi) is 6.47. The number of carbonyl (C=O) groups is 2. The highest BCUT2D eigenvalue weighted by Crippen LogP contribution is 2.27. The van der Waals surface area contributed by atoms with Gasteiger partial charge in [-0.2, -0.15) is 13.2 Å². The summed E-state index contributed by atoms with van der Waals surface area (Å²) in [4.78, 5) is 23.0. The molecule has 0 saturated heterocycles. The van der Waals surface area contributed by atoms with Gasteiger partial charge in [0, 0.05) is 0 Å². The first kappa shape index (κ1) is 20.1. The minimum Gasteiger partial charge on any atom is -0.489 e. The molecule has 0 saturated carbocycles. The van der Waals surface area contributed by atoms with Gasteiger partial charge >= 0.3 is 18.2 Å². The van der Waals surface area contributed by atoms with Crippen LogP contribution in [0.5, 0.6) is 5.75 Å². The Morgan fingerprint density at radius 1 is 1.29 bits per heavy atom. The first-order chi connectivity index (χ1) is 10.9. The van der Waals surface area contributed by atoms with Gasteiger partial charge in [-0.05, 0) is 32.2 Å². The lowest BCUT2D eigenvalue weighted by atomic mass is 10.2. The summed E-state index contributed by atoms with van der Waals surface area (Å²) in [6.45, 7) is 3.67. The molecule has 10 heteroatoms. The standard InChI is InChI=1S/C14H18F3NO5S/c1-13(2,3)23-12(20)18-9(14(15,16)17)7-22-8-5-6-24-10(8)11(19)21-4/h5-6,9H,7H2,1-4H3,(H,18,20). The van der Waals surface area contributed by atoms with Crippen molar-refractivity contribution < 1.29 is 37.0 Å². The third-order valence-electron chi connectivity index (χ3n) is 2.49. The highest BCUT2D eigenvalue weighted by atomic mass is 32.1. The predicted octanol–water partition coefficient (Wildman–Crippen LogP) is 3.37. The fraction of sp³-hybridized carbons (Fsp3) is 0.571. The van der Waals surface area contributed by atoms with E-state index in [0.29, 0.717) is 0 Å². The van der Waals surface area contributed by atoms with Gasteiger partial charge in [-0.15, -0.1) is 11.3 Å². The number of nitrogens with one attached hydrogen (secondary N) is 1. The summed E-state index contributed by atoms with van der Waals surface area (Å²) in [5.41, 5.74) is -0.938. The summed E-state index contributed by atoms with van der Waals surface area (Å²) in [5.74, 6) is -0.768. The lowest BCUT2D eigenvalue weighted by Crippen LogP contribution is -2.50. The molecule has 136 valence electrons. The van der Waals surface area contributed by atoms with Crippen molar-refractivity contribution in [1.29, 1.82) is 0 Å². The van der Waals surface area contributed by atoms with Crippen LogP contribution in [0.1, 0.15) is 30.4 Å². The predicted molar refractivity (Wildman–Crippen MR) is 80.4 cm³/mol. The second kappa shape index (κ2) is 7.73. The highest BCUT2D eigenvalue weighted by Gasteiger charge is 2.42. The van der Waals surface area contributed by atoms with E-state index in [1.807, 2.05) is 0 Å². The number of alkyl halides is 3. The molecule has 1 atom stereocenters. The average molecular weight is 369 g/mol. The van der Waals surface area contributed by atoms with E-state index >= 15 is 0 Å². The zero-order valence-electron chi connectivity index (χ0n) is 13.5. The van der Waals surface area contributed by atoms with Crippen LogP contribution in [0.15, 0.2) is 11.4 Å². The van der Waals surface area contributed by atoms with E-state index in [9.17, 15) is 22.8 Å². The maximum absolute atomic E-state index is 13.0. The fourth-order valence-corrected chi connectivity index (χ4v) is 2.24. The van der Waals surface area contributed by atoms with Crippen molar-refractivity contribution in [3.05, 3.63) is 16.3 Å². The molecule has 0 radical (unpaired) electrons. The Bertz CT molecular complexity index is 580. The fourth-order valence-electron chi connectivity index (χ4n) is 1.49. The normalized spacial score (nSPS) is 13.1. The van der Waals surface area contributed by atoms with Crippen molar-refractivity contribution in [3.63, 3.8) is 0 Å². The van der Waals surface area contributed by atoms with Crippen LogP contribution < -0.4 is 10.1 Å². The van der Waals surface area contributed by atoms with Gasteiger partial charge in [0.2, 0.25) is 0 Å². The topological polar surface area (TPSA) is 73.9 Å². The molecule has 0 aliphatic rings. The summed E-state index contributed by atoms with van der Waals surface area (Å²) >= 11 is 0.970. The number of rotatable bonds is 5. The van der Waals surface area contributed by atoms with E-state index in [1.165, 1.54) is 32.2 Å². The van der Waals surface area contributed by atoms with Gasteiger partial charge in [0.25, 0.3) is 0 Å². The van der Waals surface area contributed by atoms with Crippen LogP contribution in [-0.2, 0) is 9.47 Å². The Morgan fingerprint density at radius 2 is 1.92 bits per heavy atom. The lowest BCUT2D eigenvalue weighted by molar-refractivity contribution is -0.161. The van der Waals surface area contributed by atoms with Gasteiger partial charge in [-0.25, -0.2) is 9.59 Å². The smallest absolute Gasteiger partial charge is 0.412 e. The molecule has 1 N–H and O–H groups in total. The molecular weight excluding hydrogens is 351 g/mol. The average Bonchev–Trinajstić information content (AvgIpc) is 2.87. The Balaban J connectivity index is 2.77. The van der Waals surface area contributed by atoms with E-state index < -0.39 is 36.5 Å². The first-order valence-corrected chi connectivity index (χ1v) is 7.67. The number of methoxy groups -OCH3 is 1. The van der Waals surface area contributed by atoms with Gasteiger partial charge in [-0.1, -0.05) is 0 Å². The van der Waals surface area contributed by atoms with Gasteiger partial charge in [0.1, 0.15) is 18.0 Å². The second-order valence-electron chi connectivity index (χ2n) is 5.66. The third-order valence-corrected chi connectivity index (χ3v) is 3.37. The summed E-state index contributed by atoms with van der Waals surface area (Å²) in [7, 11) is 1.15. The van der Waals surface area contributed by atoms with Crippen LogP contribution in [0.25, 0.3) is 0 Å². The van der Waals surface area contributed by atoms with Crippen LogP contribution >= 0.6 is 11.3 Å². The Labute approximate surface area is 140 Å². The molecule has 0 aliphatic heterocycles. The molecule has 0 aromatic carbocycles. The molecule has 1 heterocycles. The number of amides is 1. The maximum atomic E-state index is 13.0. The van der Waals surface area contributed by atoms with Gasteiger partial charge in [-0.3, -0.25) is 0 Å². The molecule has 24 heavy (non-hydrogen) atoms. The van der Waals surface area contributed by atoms with Crippen molar-refractivity contribution in [2.75, 3.05) is 13.7 Å². The van der Waals surface area contributed by atoms with E-state index in [-0.39, 0.29) is 10.6 Å². The molecule has 0 aliphatic carbocycles. The number of hydrogen-bond acceptors (Lipinski definition) is 6. The zero-order valence-corrected chi connectivity index (χ0v) is 14.3. The molecule has 0 spiro atoms. The molecular formula is C14H18F3NO5S. The number of alkyl carbamates (subject to hydrolysis) is 1. The van der Waals surface area contributed by atoms with Gasteiger partial charge < -0.3 is 19.5 Å². The maximum Gasteiger partial charge on any atom is 0.412 e. The Hall–Kier alpha value is -1.97. The lowest BCUT2D eigenvalue weighted by Gasteiger charge is -2.25. The molecule has 1 aromatic heterocycles. The SMILES string of the molecule is COC(=O)c1sccc1OCC(NC(=O)OC(C)(C)C)C(F)(F)F. The molecule has 1 aromatic rings. The molecule has 6 nitrogen and oxygen atoms in total. The van der Waals surface area contributed by atoms with Gasteiger partial charge in [0.05, 0.1) is 7.11 Å². The molecule has 0 fully saturated rings. The minimum absolute atomic E-state index is 0.0377. The highest BCUT2D eigenvalue weighted by molar-refractivity contribution is 7.12. The first-order valence-electron chi connectivity index (χ1n) is 6.79. The van der Waals surface area contributed by atoms with Crippen molar-refractivity contribution >= 4 is 23.4 Å². The zero-order chi connectivity index (χ0) is 18.5. The van der Waals surface area contributed by atoms with Crippen molar-refractivity contribution in [2.45, 2.75) is 38.6 Å². The van der Waals surface area contributed by atoms with E-state index in [1.54, 1.807) is 5.32 Å². The van der Waals surface area contributed by atoms with Crippen LogP contribution in [-0.4, -0.2) is 43.6 Å². The number of esters is 1. The Morgan fingerprint density at radius 3 is 2.42 bits per heavy atom. The summed E-state index contributed by atoms with van der Waals surface area (Å²) in [5, 5.41) is 3.19. The number of hydrogen-bond donors (Lipinski definition) is 1. The number of carbonyl (C=O) groups excluding carboxylic acids is 2. The van der Waals surface area contributed by atoms with Crippen LogP contribution in [0.3, 0.4) is 0 Å². The monoisotopic (exact) mass is 369 g/mol. The van der Waals surface area contributed by atoms with Crippen LogP contribution in [0.2, 0.25) is 0 Å². The quantitative estimate of drug-likeness (QED) is 0.806. The van der Waals surface area contributed by atoms with Crippen molar-refractivity contribution in [3.8, 4) is 5.75 Å². The van der Waals surface area contributed by atoms with Crippen molar-refractivity contribution in [1.82, 2.24) is 5.32 Å². The third kappa shape index (κ3) is 6.26. The number of thiophene rings is 1. The largest absolute Gasteiger partial charge is 0.489 e. The minimum atomic E-state index is -4.75. The number of halogens is 3. The molecule has 1 amide bonds. The van der Waals surface area contributed by atoms with Crippen molar-refractivity contribution in [2.24, 2.45) is 0 Å². The summed E-state index contributed by atoms with van der Waals surface area (Å²) < 4.78 is 53.4. The van der Waals surface area contributed by atoms with E-state index in [2.05, 4.69) is 4.74 Å². The van der Waals surface area contributed by atoms with E-state index in [4.69, 9.17) is 9.47 Å². The van der Waals surface area contributed by atoms with Crippen LogP contribution in [0.4, 0.5) is 18.0 Å². The summed E-state index contributed by atoms with van der Waals surface area (Å²) in [6, 6.07) is -0.949. The van der Waals surface area contributed by atoms with E-state index in [0.717, 1.165) is 18.4 Å². The summed E-state index contributed by atoms with van der Waals surface area (Å²) in [6.07, 6.45) is -5.97. The molecule has 0 bridgehead atoms. The molecule has 1 rings (SSSR count).